The first-order valence-corrected chi connectivity index (χ1v) is 5.16. The minimum atomic E-state index is -4.16. The maximum absolute atomic E-state index is 12.6. The van der Waals surface area contributed by atoms with Gasteiger partial charge in [-0.25, -0.2) is 0 Å². The summed E-state index contributed by atoms with van der Waals surface area (Å²) in [6.07, 6.45) is -2.16. The zero-order valence-corrected chi connectivity index (χ0v) is 8.93. The van der Waals surface area contributed by atoms with Gasteiger partial charge in [-0.3, -0.25) is 10.3 Å². The molecule has 88 valence electrons. The number of nitrogens with one attached hydrogen (secondary N) is 1. The number of alkyl halides is 3. The quantitative estimate of drug-likeness (QED) is 0.863. The summed E-state index contributed by atoms with van der Waals surface area (Å²) in [5.41, 5.74) is -0.0126. The predicted octanol–water partition coefficient (Wildman–Crippen LogP) is 2.57. The van der Waals surface area contributed by atoms with Gasteiger partial charge in [-0.1, -0.05) is 6.07 Å². The Hall–Kier alpha value is -1.10. The van der Waals surface area contributed by atoms with E-state index in [-0.39, 0.29) is 19.4 Å². The molecular weight excluding hydrogens is 217 g/mol. The first-order valence-electron chi connectivity index (χ1n) is 5.16. The summed E-state index contributed by atoms with van der Waals surface area (Å²) in [5.74, 6) is 0. The van der Waals surface area contributed by atoms with E-state index in [4.69, 9.17) is 0 Å². The van der Waals surface area contributed by atoms with Gasteiger partial charge in [0, 0.05) is 12.7 Å². The topological polar surface area (TPSA) is 24.9 Å². The van der Waals surface area contributed by atoms with Gasteiger partial charge in [0.05, 0.1) is 5.69 Å². The van der Waals surface area contributed by atoms with Crippen LogP contribution in [0.5, 0.6) is 0 Å². The van der Waals surface area contributed by atoms with Crippen LogP contribution in [0.15, 0.2) is 18.3 Å². The van der Waals surface area contributed by atoms with E-state index >= 15 is 0 Å². The molecule has 2 nitrogen and oxygen atoms in total. The minimum absolute atomic E-state index is 0.166. The van der Waals surface area contributed by atoms with Crippen LogP contribution in [0, 0.1) is 6.92 Å². The zero-order chi connectivity index (χ0) is 11.8. The third-order valence-electron chi connectivity index (χ3n) is 2.87. The number of aryl methyl sites for hydroxylation is 1. The smallest absolute Gasteiger partial charge is 0.298 e. The average molecular weight is 230 g/mol. The van der Waals surface area contributed by atoms with Gasteiger partial charge >= 0.3 is 6.18 Å². The molecule has 1 saturated carbocycles. The third-order valence-corrected chi connectivity index (χ3v) is 2.87. The molecule has 1 fully saturated rings. The summed E-state index contributed by atoms with van der Waals surface area (Å²) in [6.45, 7) is 2.06. The molecule has 0 atom stereocenters. The molecule has 2 rings (SSSR count). The van der Waals surface area contributed by atoms with E-state index in [1.54, 1.807) is 12.3 Å². The molecule has 1 aromatic heterocycles. The molecule has 0 bridgehead atoms. The lowest BCUT2D eigenvalue weighted by Crippen LogP contribution is -2.44. The van der Waals surface area contributed by atoms with Crippen LogP contribution in [-0.2, 0) is 6.54 Å². The first-order chi connectivity index (χ1) is 7.43. The third kappa shape index (κ3) is 2.19. The Kier molecular flexibility index (Phi) is 2.66. The molecule has 0 aromatic carbocycles. The Morgan fingerprint density at radius 2 is 2.06 bits per heavy atom. The number of halogens is 3. The fraction of sp³-hybridized carbons (Fsp3) is 0.545. The Morgan fingerprint density at radius 1 is 1.38 bits per heavy atom. The summed E-state index contributed by atoms with van der Waals surface area (Å²) in [4.78, 5) is 4.06. The highest BCUT2D eigenvalue weighted by atomic mass is 19.4. The fourth-order valence-electron chi connectivity index (χ4n) is 1.55. The first kappa shape index (κ1) is 11.4. The van der Waals surface area contributed by atoms with Crippen LogP contribution in [0.25, 0.3) is 0 Å². The standard InChI is InChI=1S/C11H13F3N2/c1-8-2-3-9(15-6-8)7-16-10(4-5-10)11(12,13)14/h2-3,6,16H,4-5,7H2,1H3. The Morgan fingerprint density at radius 3 is 2.50 bits per heavy atom. The Labute approximate surface area is 91.9 Å². The summed E-state index contributed by atoms with van der Waals surface area (Å²) >= 11 is 0. The number of pyridine rings is 1. The van der Waals surface area contributed by atoms with Crippen molar-refractivity contribution in [1.29, 1.82) is 0 Å². The van der Waals surface area contributed by atoms with Gasteiger partial charge in [0.2, 0.25) is 0 Å². The average Bonchev–Trinajstić information content (AvgIpc) is 2.97. The molecule has 1 aromatic rings. The number of hydrogen-bond donors (Lipinski definition) is 1. The molecule has 0 saturated heterocycles. The lowest BCUT2D eigenvalue weighted by molar-refractivity contribution is -0.166. The summed E-state index contributed by atoms with van der Waals surface area (Å²) in [7, 11) is 0. The van der Waals surface area contributed by atoms with Crippen LogP contribution in [-0.4, -0.2) is 16.7 Å². The Balaban J connectivity index is 1.96. The van der Waals surface area contributed by atoms with Crippen molar-refractivity contribution in [3.05, 3.63) is 29.6 Å². The lowest BCUT2D eigenvalue weighted by atomic mass is 10.2. The number of rotatable bonds is 3. The van der Waals surface area contributed by atoms with Crippen molar-refractivity contribution in [3.63, 3.8) is 0 Å². The second-order valence-corrected chi connectivity index (χ2v) is 4.26. The molecule has 1 aliphatic rings. The summed E-state index contributed by atoms with van der Waals surface area (Å²) < 4.78 is 37.7. The molecule has 5 heteroatoms. The fourth-order valence-corrected chi connectivity index (χ4v) is 1.55. The van der Waals surface area contributed by atoms with E-state index in [0.29, 0.717) is 5.69 Å². The predicted molar refractivity (Wildman–Crippen MR) is 53.8 cm³/mol. The van der Waals surface area contributed by atoms with E-state index in [1.165, 1.54) is 0 Å². The normalized spacial score (nSPS) is 18.5. The largest absolute Gasteiger partial charge is 0.406 e. The van der Waals surface area contributed by atoms with Gasteiger partial charge in [-0.05, 0) is 31.4 Å². The number of hydrogen-bond acceptors (Lipinski definition) is 2. The molecule has 0 unspecified atom stereocenters. The van der Waals surface area contributed by atoms with Gasteiger partial charge in [0.15, 0.2) is 0 Å². The van der Waals surface area contributed by atoms with Gasteiger partial charge in [0.25, 0.3) is 0 Å². The van der Waals surface area contributed by atoms with E-state index < -0.39 is 11.7 Å². The minimum Gasteiger partial charge on any atom is -0.298 e. The zero-order valence-electron chi connectivity index (χ0n) is 8.93. The molecular formula is C11H13F3N2. The van der Waals surface area contributed by atoms with Crippen molar-refractivity contribution in [3.8, 4) is 0 Å². The number of nitrogens with zero attached hydrogens (tertiary/aromatic N) is 1. The van der Waals surface area contributed by atoms with Crippen LogP contribution in [0.3, 0.4) is 0 Å². The van der Waals surface area contributed by atoms with Crippen molar-refractivity contribution in [2.45, 2.75) is 38.0 Å². The van der Waals surface area contributed by atoms with E-state index in [1.807, 2.05) is 13.0 Å². The molecule has 0 aliphatic heterocycles. The van der Waals surface area contributed by atoms with Crippen LogP contribution in [0.1, 0.15) is 24.1 Å². The van der Waals surface area contributed by atoms with E-state index in [0.717, 1.165) is 5.56 Å². The van der Waals surface area contributed by atoms with E-state index in [2.05, 4.69) is 10.3 Å². The molecule has 1 heterocycles. The van der Waals surface area contributed by atoms with E-state index in [9.17, 15) is 13.2 Å². The van der Waals surface area contributed by atoms with Crippen molar-refractivity contribution >= 4 is 0 Å². The van der Waals surface area contributed by atoms with Crippen molar-refractivity contribution in [1.82, 2.24) is 10.3 Å². The molecule has 0 radical (unpaired) electrons. The van der Waals surface area contributed by atoms with Crippen molar-refractivity contribution in [2.75, 3.05) is 0 Å². The molecule has 1 aliphatic carbocycles. The highest BCUT2D eigenvalue weighted by Crippen LogP contribution is 2.48. The van der Waals surface area contributed by atoms with Gasteiger partial charge in [-0.2, -0.15) is 13.2 Å². The molecule has 0 spiro atoms. The number of aromatic nitrogens is 1. The van der Waals surface area contributed by atoms with Crippen molar-refractivity contribution in [2.24, 2.45) is 0 Å². The highest BCUT2D eigenvalue weighted by molar-refractivity contribution is 5.14. The van der Waals surface area contributed by atoms with Crippen LogP contribution >= 0.6 is 0 Å². The monoisotopic (exact) mass is 230 g/mol. The second kappa shape index (κ2) is 3.73. The highest BCUT2D eigenvalue weighted by Gasteiger charge is 2.62. The lowest BCUT2D eigenvalue weighted by Gasteiger charge is -2.20. The molecule has 16 heavy (non-hydrogen) atoms. The van der Waals surface area contributed by atoms with Crippen molar-refractivity contribution < 1.29 is 13.2 Å². The van der Waals surface area contributed by atoms with Crippen LogP contribution in [0.2, 0.25) is 0 Å². The van der Waals surface area contributed by atoms with Gasteiger partial charge < -0.3 is 0 Å². The maximum Gasteiger partial charge on any atom is 0.406 e. The SMILES string of the molecule is Cc1ccc(CNC2(C(F)(F)F)CC2)nc1. The summed E-state index contributed by atoms with van der Waals surface area (Å²) in [5, 5.41) is 2.56. The Bertz CT molecular complexity index is 366. The molecule has 0 amide bonds. The maximum atomic E-state index is 12.6. The molecule has 1 N–H and O–H groups in total. The van der Waals surface area contributed by atoms with Gasteiger partial charge in [0.1, 0.15) is 5.54 Å². The van der Waals surface area contributed by atoms with Gasteiger partial charge in [-0.15, -0.1) is 0 Å². The second-order valence-electron chi connectivity index (χ2n) is 4.26. The van der Waals surface area contributed by atoms with Crippen LogP contribution in [0.4, 0.5) is 13.2 Å². The summed E-state index contributed by atoms with van der Waals surface area (Å²) in [6, 6.07) is 3.59. The van der Waals surface area contributed by atoms with Crippen LogP contribution < -0.4 is 5.32 Å².